The number of nitrogens with zero attached hydrogens (tertiary/aromatic N) is 5. The molecule has 0 bridgehead atoms. The highest BCUT2D eigenvalue weighted by Gasteiger charge is 2.33. The molecule has 0 saturated carbocycles. The Balaban J connectivity index is 1.76. The quantitative estimate of drug-likeness (QED) is 0.886. The summed E-state index contributed by atoms with van der Waals surface area (Å²) in [6.07, 6.45) is 1.91. The Morgan fingerprint density at radius 2 is 1.81 bits per heavy atom. The molecule has 0 spiro atoms. The van der Waals surface area contributed by atoms with E-state index in [-0.39, 0.29) is 17.9 Å². The minimum atomic E-state index is -0.438. The summed E-state index contributed by atoms with van der Waals surface area (Å²) in [5, 5.41) is 12.8. The van der Waals surface area contributed by atoms with Gasteiger partial charge in [0.1, 0.15) is 0 Å². The molecular weight excluding hydrogens is 328 g/mol. The highest BCUT2D eigenvalue weighted by Crippen LogP contribution is 2.25. The number of hydrogen-bond acceptors (Lipinski definition) is 5. The van der Waals surface area contributed by atoms with Crippen molar-refractivity contribution < 1.29 is 4.79 Å². The molecule has 1 aromatic heterocycles. The second-order valence-corrected chi connectivity index (χ2v) is 7.51. The standard InChI is InChI=1S/C19H28N6O/c1-13(2)17(19(26)24-11-9-15(10-12-24)14(3)20)25-22-18(21-23-25)16-7-5-4-6-8-16/h4-8,13-15,17H,9-12,20H2,1-3H3. The van der Waals surface area contributed by atoms with Crippen molar-refractivity contribution in [2.45, 2.75) is 45.7 Å². The maximum atomic E-state index is 13.1. The number of piperidine rings is 1. The molecule has 1 aliphatic rings. The summed E-state index contributed by atoms with van der Waals surface area (Å²) in [5.74, 6) is 1.18. The van der Waals surface area contributed by atoms with Crippen LogP contribution >= 0.6 is 0 Å². The van der Waals surface area contributed by atoms with Crippen LogP contribution in [0.25, 0.3) is 11.4 Å². The number of benzene rings is 1. The van der Waals surface area contributed by atoms with Crippen molar-refractivity contribution in [1.82, 2.24) is 25.1 Å². The molecular formula is C19H28N6O. The first-order valence-corrected chi connectivity index (χ1v) is 9.36. The van der Waals surface area contributed by atoms with Crippen molar-refractivity contribution in [3.63, 3.8) is 0 Å². The number of carbonyl (C=O) groups excluding carboxylic acids is 1. The number of hydrogen-bond donors (Lipinski definition) is 1. The third-order valence-electron chi connectivity index (χ3n) is 5.19. The predicted molar refractivity (Wildman–Crippen MR) is 100 cm³/mol. The molecule has 7 nitrogen and oxygen atoms in total. The van der Waals surface area contributed by atoms with Crippen LogP contribution in [0.5, 0.6) is 0 Å². The van der Waals surface area contributed by atoms with Crippen molar-refractivity contribution in [3.8, 4) is 11.4 Å². The van der Waals surface area contributed by atoms with Crippen molar-refractivity contribution >= 4 is 5.91 Å². The summed E-state index contributed by atoms with van der Waals surface area (Å²) in [6, 6.07) is 9.43. The van der Waals surface area contributed by atoms with Crippen LogP contribution in [0.2, 0.25) is 0 Å². The lowest BCUT2D eigenvalue weighted by molar-refractivity contribution is -0.138. The Labute approximate surface area is 154 Å². The molecule has 1 aromatic carbocycles. The number of likely N-dealkylation sites (tertiary alicyclic amines) is 1. The van der Waals surface area contributed by atoms with Gasteiger partial charge in [-0.3, -0.25) is 4.79 Å². The highest BCUT2D eigenvalue weighted by molar-refractivity contribution is 5.80. The summed E-state index contributed by atoms with van der Waals surface area (Å²) in [4.78, 5) is 16.5. The molecule has 1 saturated heterocycles. The van der Waals surface area contributed by atoms with Gasteiger partial charge in [0.15, 0.2) is 6.04 Å². The largest absolute Gasteiger partial charge is 0.341 e. The van der Waals surface area contributed by atoms with Gasteiger partial charge in [-0.2, -0.15) is 4.80 Å². The van der Waals surface area contributed by atoms with Gasteiger partial charge in [-0.15, -0.1) is 10.2 Å². The smallest absolute Gasteiger partial charge is 0.249 e. The first kappa shape index (κ1) is 18.5. The molecule has 1 fully saturated rings. The molecule has 3 rings (SSSR count). The molecule has 140 valence electrons. The van der Waals surface area contributed by atoms with Gasteiger partial charge in [0.25, 0.3) is 0 Å². The van der Waals surface area contributed by atoms with Crippen LogP contribution in [0, 0.1) is 11.8 Å². The van der Waals surface area contributed by atoms with Crippen LogP contribution in [0.1, 0.15) is 39.7 Å². The van der Waals surface area contributed by atoms with E-state index in [9.17, 15) is 4.79 Å². The van der Waals surface area contributed by atoms with Crippen LogP contribution in [0.15, 0.2) is 30.3 Å². The van der Waals surface area contributed by atoms with E-state index in [2.05, 4.69) is 15.4 Å². The third-order valence-corrected chi connectivity index (χ3v) is 5.19. The van der Waals surface area contributed by atoms with Crippen LogP contribution in [0.4, 0.5) is 0 Å². The minimum absolute atomic E-state index is 0.0696. The number of carbonyl (C=O) groups is 1. The SMILES string of the molecule is CC(C)C(C(=O)N1CCC(C(C)N)CC1)n1nnc(-c2ccccc2)n1. The minimum Gasteiger partial charge on any atom is -0.341 e. The normalized spacial score (nSPS) is 18.1. The lowest BCUT2D eigenvalue weighted by atomic mass is 9.90. The summed E-state index contributed by atoms with van der Waals surface area (Å²) in [5.41, 5.74) is 6.90. The summed E-state index contributed by atoms with van der Waals surface area (Å²) >= 11 is 0. The van der Waals surface area contributed by atoms with E-state index in [0.717, 1.165) is 31.5 Å². The first-order chi connectivity index (χ1) is 12.5. The van der Waals surface area contributed by atoms with Crippen molar-refractivity contribution in [2.24, 2.45) is 17.6 Å². The summed E-state index contributed by atoms with van der Waals surface area (Å²) < 4.78 is 0. The van der Waals surface area contributed by atoms with Gasteiger partial charge in [-0.1, -0.05) is 44.2 Å². The van der Waals surface area contributed by atoms with Gasteiger partial charge in [-0.05, 0) is 36.8 Å². The molecule has 2 heterocycles. The average molecular weight is 356 g/mol. The van der Waals surface area contributed by atoms with Gasteiger partial charge in [0.05, 0.1) is 0 Å². The first-order valence-electron chi connectivity index (χ1n) is 9.36. The molecule has 0 radical (unpaired) electrons. The molecule has 2 N–H and O–H groups in total. The Morgan fingerprint density at radius 1 is 1.15 bits per heavy atom. The summed E-state index contributed by atoms with van der Waals surface area (Å²) in [6.45, 7) is 7.57. The molecule has 26 heavy (non-hydrogen) atoms. The number of aromatic nitrogens is 4. The predicted octanol–water partition coefficient (Wildman–Crippen LogP) is 2.12. The fourth-order valence-corrected chi connectivity index (χ4v) is 3.53. The summed E-state index contributed by atoms with van der Waals surface area (Å²) in [7, 11) is 0. The number of amides is 1. The molecule has 7 heteroatoms. The molecule has 0 aliphatic carbocycles. The van der Waals surface area contributed by atoms with Crippen LogP contribution in [0.3, 0.4) is 0 Å². The maximum absolute atomic E-state index is 13.1. The molecule has 2 aromatic rings. The van der Waals surface area contributed by atoms with Crippen molar-refractivity contribution in [1.29, 1.82) is 0 Å². The fourth-order valence-electron chi connectivity index (χ4n) is 3.53. The lowest BCUT2D eigenvalue weighted by Crippen LogP contribution is -2.46. The number of nitrogens with two attached hydrogens (primary N) is 1. The van der Waals surface area contributed by atoms with Crippen LogP contribution in [-0.2, 0) is 4.79 Å². The lowest BCUT2D eigenvalue weighted by Gasteiger charge is -2.36. The monoisotopic (exact) mass is 356 g/mol. The zero-order valence-corrected chi connectivity index (χ0v) is 15.7. The second kappa shape index (κ2) is 7.95. The van der Waals surface area contributed by atoms with Crippen molar-refractivity contribution in [2.75, 3.05) is 13.1 Å². The van der Waals surface area contributed by atoms with E-state index >= 15 is 0 Å². The van der Waals surface area contributed by atoms with Gasteiger partial charge in [-0.25, -0.2) is 0 Å². The molecule has 2 unspecified atom stereocenters. The maximum Gasteiger partial charge on any atom is 0.249 e. The molecule has 2 atom stereocenters. The van der Waals surface area contributed by atoms with E-state index < -0.39 is 6.04 Å². The Morgan fingerprint density at radius 3 is 2.38 bits per heavy atom. The van der Waals surface area contributed by atoms with E-state index in [1.54, 1.807) is 0 Å². The number of rotatable bonds is 5. The van der Waals surface area contributed by atoms with E-state index in [4.69, 9.17) is 5.73 Å². The fraction of sp³-hybridized carbons (Fsp3) is 0.579. The van der Waals surface area contributed by atoms with Gasteiger partial charge < -0.3 is 10.6 Å². The third kappa shape index (κ3) is 3.93. The second-order valence-electron chi connectivity index (χ2n) is 7.51. The molecule has 1 amide bonds. The van der Waals surface area contributed by atoms with Crippen molar-refractivity contribution in [3.05, 3.63) is 30.3 Å². The van der Waals surface area contributed by atoms with Gasteiger partial charge in [0, 0.05) is 24.7 Å². The van der Waals surface area contributed by atoms with E-state index in [1.165, 1.54) is 4.80 Å². The van der Waals surface area contributed by atoms with Crippen LogP contribution in [-0.4, -0.2) is 50.1 Å². The molecule has 1 aliphatic heterocycles. The zero-order chi connectivity index (χ0) is 18.7. The number of tetrazole rings is 1. The average Bonchev–Trinajstić information content (AvgIpc) is 3.12. The van der Waals surface area contributed by atoms with E-state index in [1.807, 2.05) is 56.0 Å². The van der Waals surface area contributed by atoms with Crippen LogP contribution < -0.4 is 5.73 Å². The van der Waals surface area contributed by atoms with Gasteiger partial charge in [0.2, 0.25) is 11.7 Å². The topological polar surface area (TPSA) is 89.9 Å². The highest BCUT2D eigenvalue weighted by atomic mass is 16.2. The Bertz CT molecular complexity index is 719. The Hall–Kier alpha value is -2.28. The van der Waals surface area contributed by atoms with Gasteiger partial charge >= 0.3 is 0 Å². The Kier molecular flexibility index (Phi) is 5.66. The van der Waals surface area contributed by atoms with E-state index in [0.29, 0.717) is 11.7 Å². The zero-order valence-electron chi connectivity index (χ0n) is 15.7.